The van der Waals surface area contributed by atoms with Gasteiger partial charge in [0.15, 0.2) is 5.79 Å². The number of hydrogen-bond donors (Lipinski definition) is 1. The third kappa shape index (κ3) is 4.16. The summed E-state index contributed by atoms with van der Waals surface area (Å²) < 4.78 is 16.2. The van der Waals surface area contributed by atoms with Gasteiger partial charge >= 0.3 is 6.09 Å². The smallest absolute Gasteiger partial charge is 0.405 e. The summed E-state index contributed by atoms with van der Waals surface area (Å²) in [6.45, 7) is 9.30. The van der Waals surface area contributed by atoms with Crippen LogP contribution in [0.5, 0.6) is 0 Å². The van der Waals surface area contributed by atoms with Crippen molar-refractivity contribution in [3.63, 3.8) is 0 Å². The molecule has 1 amide bonds. The van der Waals surface area contributed by atoms with Crippen LogP contribution in [0.3, 0.4) is 0 Å². The number of nitrogens with two attached hydrogens (primary N) is 1. The van der Waals surface area contributed by atoms with E-state index in [1.807, 2.05) is 26.8 Å². The highest BCUT2D eigenvalue weighted by Gasteiger charge is 2.38. The van der Waals surface area contributed by atoms with Gasteiger partial charge in [0.05, 0.1) is 0 Å². The number of rotatable bonds is 5. The van der Waals surface area contributed by atoms with Gasteiger partial charge in [-0.25, -0.2) is 4.79 Å². The Balaban J connectivity index is 2.64. The van der Waals surface area contributed by atoms with Gasteiger partial charge in [0.1, 0.15) is 18.3 Å². The monoisotopic (exact) mass is 255 g/mol. The average molecular weight is 255 g/mol. The Hall–Kier alpha value is -1.33. The summed E-state index contributed by atoms with van der Waals surface area (Å²) >= 11 is 0. The minimum Gasteiger partial charge on any atom is -0.442 e. The summed E-state index contributed by atoms with van der Waals surface area (Å²) in [5, 5.41) is 0. The van der Waals surface area contributed by atoms with Crippen molar-refractivity contribution in [1.29, 1.82) is 0 Å². The fourth-order valence-electron chi connectivity index (χ4n) is 1.79. The molecule has 0 aliphatic carbocycles. The number of carbonyl (C=O) groups excluding carboxylic acids is 1. The maximum Gasteiger partial charge on any atom is 0.405 e. The largest absolute Gasteiger partial charge is 0.442 e. The second-order valence-electron chi connectivity index (χ2n) is 4.57. The van der Waals surface area contributed by atoms with Gasteiger partial charge < -0.3 is 19.9 Å². The lowest BCUT2D eigenvalue weighted by Crippen LogP contribution is -2.22. The van der Waals surface area contributed by atoms with Crippen LogP contribution in [0.15, 0.2) is 24.8 Å². The highest BCUT2D eigenvalue weighted by Crippen LogP contribution is 2.29. The molecule has 0 saturated carbocycles. The third-order valence-electron chi connectivity index (χ3n) is 2.58. The zero-order chi connectivity index (χ0) is 13.8. The van der Waals surface area contributed by atoms with Crippen molar-refractivity contribution in [2.75, 3.05) is 0 Å². The van der Waals surface area contributed by atoms with Crippen molar-refractivity contribution in [1.82, 2.24) is 0 Å². The van der Waals surface area contributed by atoms with Crippen molar-refractivity contribution in [2.45, 2.75) is 51.3 Å². The first-order valence-corrected chi connectivity index (χ1v) is 6.00. The summed E-state index contributed by atoms with van der Waals surface area (Å²) in [5.74, 6) is -0.639. The summed E-state index contributed by atoms with van der Waals surface area (Å²) in [5.41, 5.74) is 4.98. The fourth-order valence-corrected chi connectivity index (χ4v) is 1.79. The molecule has 18 heavy (non-hydrogen) atoms. The predicted molar refractivity (Wildman–Crippen MR) is 67.9 cm³/mol. The molecule has 0 unspecified atom stereocenters. The zero-order valence-electron chi connectivity index (χ0n) is 11.1. The number of carbonyl (C=O) groups is 1. The van der Waals surface area contributed by atoms with Gasteiger partial charge in [-0.05, 0) is 26.3 Å². The van der Waals surface area contributed by atoms with Crippen LogP contribution in [0, 0.1) is 0 Å². The lowest BCUT2D eigenvalue weighted by Gasteiger charge is -2.16. The third-order valence-corrected chi connectivity index (χ3v) is 2.58. The molecule has 1 heterocycles. The van der Waals surface area contributed by atoms with Gasteiger partial charge in [-0.1, -0.05) is 19.1 Å². The normalized spacial score (nSPS) is 28.2. The molecule has 5 nitrogen and oxygen atoms in total. The molecular weight excluding hydrogens is 234 g/mol. The summed E-state index contributed by atoms with van der Waals surface area (Å²) in [7, 11) is 0. The molecular formula is C13H21NO4. The molecule has 0 bridgehead atoms. The topological polar surface area (TPSA) is 70.8 Å². The number of ether oxygens (including phenoxy) is 3. The second-order valence-corrected chi connectivity index (χ2v) is 4.57. The molecule has 1 saturated heterocycles. The van der Waals surface area contributed by atoms with E-state index in [9.17, 15) is 4.79 Å². The van der Waals surface area contributed by atoms with Gasteiger partial charge in [0.2, 0.25) is 0 Å². The van der Waals surface area contributed by atoms with Crippen LogP contribution >= 0.6 is 0 Å². The summed E-state index contributed by atoms with van der Waals surface area (Å²) in [6.07, 6.45) is 4.35. The quantitative estimate of drug-likeness (QED) is 0.764. The van der Waals surface area contributed by atoms with Crippen LogP contribution in [0.1, 0.15) is 27.2 Å². The minimum absolute atomic E-state index is 0.206. The molecule has 0 aromatic heterocycles. The average Bonchev–Trinajstić information content (AvgIpc) is 2.58. The van der Waals surface area contributed by atoms with Crippen LogP contribution in [0.25, 0.3) is 0 Å². The molecule has 2 N–H and O–H groups in total. The van der Waals surface area contributed by atoms with E-state index < -0.39 is 11.9 Å². The Morgan fingerprint density at radius 3 is 2.61 bits per heavy atom. The Morgan fingerprint density at radius 2 is 2.11 bits per heavy atom. The molecule has 5 heteroatoms. The van der Waals surface area contributed by atoms with Crippen LogP contribution in [-0.4, -0.2) is 30.2 Å². The van der Waals surface area contributed by atoms with E-state index in [-0.39, 0.29) is 18.3 Å². The molecule has 1 aliphatic heterocycles. The van der Waals surface area contributed by atoms with E-state index in [2.05, 4.69) is 6.58 Å². The van der Waals surface area contributed by atoms with E-state index in [0.717, 1.165) is 0 Å². The predicted octanol–water partition coefficient (Wildman–Crippen LogP) is 2.12. The Kier molecular flexibility index (Phi) is 4.93. The molecule has 0 aromatic carbocycles. The lowest BCUT2D eigenvalue weighted by atomic mass is 10.1. The zero-order valence-corrected chi connectivity index (χ0v) is 11.1. The fraction of sp³-hybridized carbons (Fsp3) is 0.615. The Bertz CT molecular complexity index is 338. The number of hydrogen-bond acceptors (Lipinski definition) is 4. The summed E-state index contributed by atoms with van der Waals surface area (Å²) in [6, 6.07) is 0. The number of primary amides is 1. The van der Waals surface area contributed by atoms with Crippen molar-refractivity contribution in [3.05, 3.63) is 24.8 Å². The van der Waals surface area contributed by atoms with Gasteiger partial charge in [-0.2, -0.15) is 0 Å². The first kappa shape index (κ1) is 14.7. The molecule has 0 aromatic rings. The minimum atomic E-state index is -0.782. The molecule has 0 spiro atoms. The summed E-state index contributed by atoms with van der Waals surface area (Å²) in [4.78, 5) is 10.7. The molecule has 0 radical (unpaired) electrons. The van der Waals surface area contributed by atoms with E-state index in [1.54, 1.807) is 12.2 Å². The van der Waals surface area contributed by atoms with Gasteiger partial charge in [-0.3, -0.25) is 0 Å². The lowest BCUT2D eigenvalue weighted by molar-refractivity contribution is -0.139. The molecule has 102 valence electrons. The van der Waals surface area contributed by atoms with Crippen LogP contribution in [-0.2, 0) is 14.2 Å². The van der Waals surface area contributed by atoms with Crippen LogP contribution in [0.4, 0.5) is 4.79 Å². The maximum absolute atomic E-state index is 10.7. The van der Waals surface area contributed by atoms with Gasteiger partial charge in [0, 0.05) is 0 Å². The molecule has 1 aliphatic rings. The standard InChI is InChI=1S/C13H21NO4/c1-5-9(16-12(14)15)7-8-11-10(6-2)17-13(3,4)18-11/h6-11H,2,5H2,1,3-4H3,(H2,14,15)/b8-7+/t9-,10-,11-/m0/s1. The van der Waals surface area contributed by atoms with Crippen molar-refractivity contribution >= 4 is 6.09 Å². The van der Waals surface area contributed by atoms with E-state index in [4.69, 9.17) is 19.9 Å². The highest BCUT2D eigenvalue weighted by atomic mass is 16.7. The van der Waals surface area contributed by atoms with Crippen molar-refractivity contribution in [2.24, 2.45) is 5.73 Å². The number of amides is 1. The molecule has 1 rings (SSSR count). The Morgan fingerprint density at radius 1 is 1.50 bits per heavy atom. The van der Waals surface area contributed by atoms with E-state index in [1.165, 1.54) is 0 Å². The molecule has 3 atom stereocenters. The first-order chi connectivity index (χ1) is 8.38. The SMILES string of the molecule is C=C[C@@H]1OC(C)(C)O[C@H]1/C=C/[C@H](CC)OC(N)=O. The van der Waals surface area contributed by atoms with Crippen molar-refractivity contribution < 1.29 is 19.0 Å². The maximum atomic E-state index is 10.7. The van der Waals surface area contributed by atoms with Crippen LogP contribution < -0.4 is 5.73 Å². The van der Waals surface area contributed by atoms with Crippen LogP contribution in [0.2, 0.25) is 0 Å². The van der Waals surface area contributed by atoms with E-state index >= 15 is 0 Å². The van der Waals surface area contributed by atoms with E-state index in [0.29, 0.717) is 6.42 Å². The second kappa shape index (κ2) is 6.02. The Labute approximate surface area is 108 Å². The van der Waals surface area contributed by atoms with Gasteiger partial charge in [0.25, 0.3) is 0 Å². The highest BCUT2D eigenvalue weighted by molar-refractivity contribution is 5.65. The van der Waals surface area contributed by atoms with Crippen molar-refractivity contribution in [3.8, 4) is 0 Å². The van der Waals surface area contributed by atoms with Gasteiger partial charge in [-0.15, -0.1) is 6.58 Å². The molecule has 1 fully saturated rings. The first-order valence-electron chi connectivity index (χ1n) is 6.00.